The van der Waals surface area contributed by atoms with Crippen molar-refractivity contribution in [3.63, 3.8) is 0 Å². The van der Waals surface area contributed by atoms with E-state index in [2.05, 4.69) is 17.2 Å². The second-order valence-corrected chi connectivity index (χ2v) is 7.39. The summed E-state index contributed by atoms with van der Waals surface area (Å²) in [6.45, 7) is 2.08. The van der Waals surface area contributed by atoms with E-state index in [1.165, 1.54) is 12.8 Å². The molecule has 2 aliphatic carbocycles. The van der Waals surface area contributed by atoms with E-state index in [0.29, 0.717) is 11.5 Å². The van der Waals surface area contributed by atoms with Gasteiger partial charge in [-0.2, -0.15) is 0 Å². The summed E-state index contributed by atoms with van der Waals surface area (Å²) in [5, 5.41) is 9.94. The van der Waals surface area contributed by atoms with E-state index >= 15 is 0 Å². The van der Waals surface area contributed by atoms with Crippen LogP contribution in [0.2, 0.25) is 0 Å². The van der Waals surface area contributed by atoms with Gasteiger partial charge in [-0.25, -0.2) is 4.98 Å². The van der Waals surface area contributed by atoms with Gasteiger partial charge in [0.1, 0.15) is 0 Å². The molecule has 2 fully saturated rings. The molecule has 6 nitrogen and oxygen atoms in total. The smallest absolute Gasteiger partial charge is 0.262 e. The first-order valence-corrected chi connectivity index (χ1v) is 9.04. The Morgan fingerprint density at radius 1 is 1.35 bits per heavy atom. The molecule has 1 heterocycles. The average molecular weight is 350 g/mol. The van der Waals surface area contributed by atoms with Gasteiger partial charge < -0.3 is 10.7 Å². The number of nitrogens with one attached hydrogen (secondary N) is 2. The standard InChI is InChI=1S/C20H22N4O2/c1-13(14-2-3-14)24-12-22-11-17(19(24)26)15-4-6-16(7-5-15)20(8-9-20)23-18(25)10-21/h4-7,10-14,21H,2-3,8-9H2,1H3,(H,23,25). The second kappa shape index (κ2) is 6.20. The third-order valence-electron chi connectivity index (χ3n) is 5.59. The van der Waals surface area contributed by atoms with Crippen molar-refractivity contribution in [3.05, 3.63) is 52.7 Å². The van der Waals surface area contributed by atoms with E-state index in [1.54, 1.807) is 17.1 Å². The minimum absolute atomic E-state index is 0.00889. The Hall–Kier alpha value is -2.76. The van der Waals surface area contributed by atoms with Gasteiger partial charge in [0.25, 0.3) is 11.5 Å². The highest BCUT2D eigenvalue weighted by Crippen LogP contribution is 2.45. The molecule has 0 aliphatic heterocycles. The van der Waals surface area contributed by atoms with Crippen molar-refractivity contribution in [1.29, 1.82) is 5.41 Å². The number of aromatic nitrogens is 2. The Bertz CT molecular complexity index is 908. The largest absolute Gasteiger partial charge is 0.342 e. The second-order valence-electron chi connectivity index (χ2n) is 7.39. The van der Waals surface area contributed by atoms with Crippen molar-refractivity contribution in [2.75, 3.05) is 0 Å². The van der Waals surface area contributed by atoms with Crippen LogP contribution in [-0.2, 0) is 10.3 Å². The molecule has 1 aromatic carbocycles. The maximum absolute atomic E-state index is 12.9. The van der Waals surface area contributed by atoms with Crippen LogP contribution in [0.15, 0.2) is 41.6 Å². The van der Waals surface area contributed by atoms with Crippen LogP contribution < -0.4 is 10.9 Å². The molecule has 1 atom stereocenters. The van der Waals surface area contributed by atoms with Crippen molar-refractivity contribution >= 4 is 12.1 Å². The number of carbonyl (C=O) groups excluding carboxylic acids is 1. The van der Waals surface area contributed by atoms with Gasteiger partial charge in [0.2, 0.25) is 0 Å². The normalized spacial score (nSPS) is 18.8. The summed E-state index contributed by atoms with van der Waals surface area (Å²) in [6.07, 6.45) is 8.14. The van der Waals surface area contributed by atoms with Crippen LogP contribution in [0.3, 0.4) is 0 Å². The highest BCUT2D eigenvalue weighted by atomic mass is 16.1. The molecule has 0 spiro atoms. The zero-order chi connectivity index (χ0) is 18.3. The number of benzene rings is 1. The molecule has 26 heavy (non-hydrogen) atoms. The fourth-order valence-electron chi connectivity index (χ4n) is 3.57. The lowest BCUT2D eigenvalue weighted by Gasteiger charge is -2.17. The average Bonchev–Trinajstić information content (AvgIpc) is 3.56. The predicted molar refractivity (Wildman–Crippen MR) is 99.2 cm³/mol. The zero-order valence-electron chi connectivity index (χ0n) is 14.7. The van der Waals surface area contributed by atoms with Gasteiger partial charge in [0, 0.05) is 12.2 Å². The number of nitrogens with zero attached hydrogens (tertiary/aromatic N) is 2. The van der Waals surface area contributed by atoms with E-state index in [4.69, 9.17) is 5.41 Å². The molecule has 0 bridgehead atoms. The summed E-state index contributed by atoms with van der Waals surface area (Å²) in [4.78, 5) is 28.7. The third-order valence-corrected chi connectivity index (χ3v) is 5.59. The van der Waals surface area contributed by atoms with Crippen molar-refractivity contribution in [2.45, 2.75) is 44.2 Å². The molecule has 1 unspecified atom stereocenters. The number of amides is 1. The number of hydrogen-bond acceptors (Lipinski definition) is 4. The fraction of sp³-hybridized carbons (Fsp3) is 0.400. The minimum atomic E-state index is -0.379. The quantitative estimate of drug-likeness (QED) is 0.785. The van der Waals surface area contributed by atoms with Gasteiger partial charge in [-0.3, -0.25) is 14.2 Å². The summed E-state index contributed by atoms with van der Waals surface area (Å²) in [7, 11) is 0. The van der Waals surface area contributed by atoms with Gasteiger partial charge in [-0.1, -0.05) is 24.3 Å². The first-order chi connectivity index (χ1) is 12.5. The van der Waals surface area contributed by atoms with Crippen LogP contribution in [-0.4, -0.2) is 21.7 Å². The van der Waals surface area contributed by atoms with Gasteiger partial charge in [0.05, 0.1) is 23.6 Å². The van der Waals surface area contributed by atoms with Gasteiger partial charge in [-0.05, 0) is 49.7 Å². The number of rotatable bonds is 6. The summed E-state index contributed by atoms with van der Waals surface area (Å²) in [5.41, 5.74) is 2.07. The molecule has 1 aromatic heterocycles. The van der Waals surface area contributed by atoms with Crippen molar-refractivity contribution < 1.29 is 4.79 Å². The molecule has 1 amide bonds. The molecule has 4 rings (SSSR count). The highest BCUT2D eigenvalue weighted by molar-refractivity contribution is 6.25. The van der Waals surface area contributed by atoms with Crippen LogP contribution in [0.1, 0.15) is 44.2 Å². The summed E-state index contributed by atoms with van der Waals surface area (Å²) in [5.74, 6) is 0.204. The van der Waals surface area contributed by atoms with Crippen LogP contribution >= 0.6 is 0 Å². The van der Waals surface area contributed by atoms with Crippen molar-refractivity contribution in [2.24, 2.45) is 5.92 Å². The molecular formula is C20H22N4O2. The molecule has 2 aromatic rings. The highest BCUT2D eigenvalue weighted by Gasteiger charge is 2.45. The summed E-state index contributed by atoms with van der Waals surface area (Å²) < 4.78 is 1.74. The predicted octanol–water partition coefficient (Wildman–Crippen LogP) is 2.64. The molecule has 0 radical (unpaired) electrons. The monoisotopic (exact) mass is 350 g/mol. The van der Waals surface area contributed by atoms with Crippen LogP contribution in [0.4, 0.5) is 0 Å². The minimum Gasteiger partial charge on any atom is -0.342 e. The lowest BCUT2D eigenvalue weighted by Crippen LogP contribution is -2.35. The first kappa shape index (κ1) is 16.7. The third kappa shape index (κ3) is 2.96. The van der Waals surface area contributed by atoms with E-state index < -0.39 is 0 Å². The van der Waals surface area contributed by atoms with Gasteiger partial charge in [0.15, 0.2) is 0 Å². The molecular weight excluding hydrogens is 328 g/mol. The van der Waals surface area contributed by atoms with Crippen molar-refractivity contribution in [1.82, 2.24) is 14.9 Å². The molecule has 134 valence electrons. The van der Waals surface area contributed by atoms with E-state index in [1.807, 2.05) is 24.3 Å². The molecule has 2 saturated carbocycles. The van der Waals surface area contributed by atoms with Crippen molar-refractivity contribution in [3.8, 4) is 11.1 Å². The first-order valence-electron chi connectivity index (χ1n) is 9.04. The molecule has 6 heteroatoms. The zero-order valence-corrected chi connectivity index (χ0v) is 14.7. The van der Waals surface area contributed by atoms with Crippen LogP contribution in [0.5, 0.6) is 0 Å². The lowest BCUT2D eigenvalue weighted by molar-refractivity contribution is -0.115. The van der Waals surface area contributed by atoms with Gasteiger partial charge in [-0.15, -0.1) is 0 Å². The summed E-state index contributed by atoms with van der Waals surface area (Å²) in [6, 6.07) is 7.91. The fourth-order valence-corrected chi connectivity index (χ4v) is 3.57. The SMILES string of the molecule is CC(C1CC1)n1cncc(-c2ccc(C3(NC(=O)C=N)CC3)cc2)c1=O. The van der Waals surface area contributed by atoms with Crippen LogP contribution in [0.25, 0.3) is 11.1 Å². The maximum Gasteiger partial charge on any atom is 0.262 e. The Kier molecular flexibility index (Phi) is 3.98. The number of hydrogen-bond donors (Lipinski definition) is 2. The molecule has 2 N–H and O–H groups in total. The molecule has 2 aliphatic rings. The van der Waals surface area contributed by atoms with E-state index in [0.717, 1.165) is 30.2 Å². The Labute approximate surface area is 151 Å². The van der Waals surface area contributed by atoms with Gasteiger partial charge >= 0.3 is 0 Å². The summed E-state index contributed by atoms with van der Waals surface area (Å²) >= 11 is 0. The Balaban J connectivity index is 1.62. The molecule has 0 saturated heterocycles. The van der Waals surface area contributed by atoms with Crippen LogP contribution in [0, 0.1) is 11.3 Å². The van der Waals surface area contributed by atoms with E-state index in [-0.39, 0.29) is 23.0 Å². The topological polar surface area (TPSA) is 87.8 Å². The Morgan fingerprint density at radius 3 is 2.62 bits per heavy atom. The maximum atomic E-state index is 12.9. The Morgan fingerprint density at radius 2 is 2.04 bits per heavy atom. The lowest BCUT2D eigenvalue weighted by atomic mass is 10.0. The van der Waals surface area contributed by atoms with E-state index in [9.17, 15) is 9.59 Å². The number of carbonyl (C=O) groups is 1.